The Labute approximate surface area is 153 Å². The fourth-order valence-corrected chi connectivity index (χ4v) is 3.00. The fraction of sp³-hybridized carbons (Fsp3) is 0.350. The van der Waals surface area contributed by atoms with Crippen molar-refractivity contribution in [3.63, 3.8) is 0 Å². The van der Waals surface area contributed by atoms with Crippen LogP contribution in [-0.2, 0) is 11.2 Å². The summed E-state index contributed by atoms with van der Waals surface area (Å²) in [5.41, 5.74) is 3.62. The predicted octanol–water partition coefficient (Wildman–Crippen LogP) is 2.68. The average Bonchev–Trinajstić information content (AvgIpc) is 2.69. The lowest BCUT2D eigenvalue weighted by molar-refractivity contribution is 0.0299. The third kappa shape index (κ3) is 3.91. The number of carbonyl (C=O) groups excluding carboxylic acids is 2. The monoisotopic (exact) mass is 353 g/mol. The number of rotatable bonds is 4. The first-order chi connectivity index (χ1) is 12.6. The van der Waals surface area contributed by atoms with Crippen LogP contribution in [0.25, 0.3) is 0 Å². The van der Waals surface area contributed by atoms with Crippen LogP contribution in [0, 0.1) is 6.92 Å². The van der Waals surface area contributed by atoms with Gasteiger partial charge in [0.1, 0.15) is 5.69 Å². The zero-order chi connectivity index (χ0) is 18.5. The van der Waals surface area contributed by atoms with Crippen molar-refractivity contribution in [3.05, 3.63) is 58.9 Å². The fourth-order valence-electron chi connectivity index (χ4n) is 3.00. The van der Waals surface area contributed by atoms with E-state index in [9.17, 15) is 9.59 Å². The molecule has 6 nitrogen and oxygen atoms in total. The molecule has 1 aliphatic rings. The van der Waals surface area contributed by atoms with E-state index in [0.29, 0.717) is 31.9 Å². The number of anilines is 1. The van der Waals surface area contributed by atoms with Crippen LogP contribution in [0.1, 0.15) is 38.9 Å². The van der Waals surface area contributed by atoms with E-state index in [4.69, 9.17) is 4.74 Å². The lowest BCUT2D eigenvalue weighted by Crippen LogP contribution is -2.41. The quantitative estimate of drug-likeness (QED) is 0.917. The van der Waals surface area contributed by atoms with Gasteiger partial charge in [0.25, 0.3) is 11.8 Å². The molecule has 0 atom stereocenters. The number of amides is 2. The molecule has 0 aliphatic carbocycles. The van der Waals surface area contributed by atoms with E-state index in [1.807, 2.05) is 25.1 Å². The summed E-state index contributed by atoms with van der Waals surface area (Å²) in [5, 5.41) is 2.98. The number of nitrogens with one attached hydrogen (secondary N) is 1. The highest BCUT2D eigenvalue weighted by atomic mass is 16.5. The van der Waals surface area contributed by atoms with Gasteiger partial charge in [-0.25, -0.2) is 0 Å². The number of nitrogens with zero attached hydrogens (tertiary/aromatic N) is 2. The molecule has 2 amide bonds. The summed E-state index contributed by atoms with van der Waals surface area (Å²) in [5.74, 6) is -0.416. The van der Waals surface area contributed by atoms with Crippen LogP contribution in [0.5, 0.6) is 0 Å². The number of aryl methyl sites for hydroxylation is 2. The van der Waals surface area contributed by atoms with Gasteiger partial charge in [-0.05, 0) is 36.6 Å². The van der Waals surface area contributed by atoms with Gasteiger partial charge in [-0.1, -0.05) is 25.1 Å². The Bertz CT molecular complexity index is 814. The second-order valence-electron chi connectivity index (χ2n) is 6.25. The molecule has 136 valence electrons. The van der Waals surface area contributed by atoms with E-state index in [1.54, 1.807) is 17.0 Å². The summed E-state index contributed by atoms with van der Waals surface area (Å²) in [6.45, 7) is 6.16. The van der Waals surface area contributed by atoms with Crippen LogP contribution in [0.2, 0.25) is 0 Å². The molecule has 1 aromatic carbocycles. The first-order valence-electron chi connectivity index (χ1n) is 8.83. The minimum atomic E-state index is -0.243. The number of pyridine rings is 1. The van der Waals surface area contributed by atoms with Crippen LogP contribution in [0.3, 0.4) is 0 Å². The minimum Gasteiger partial charge on any atom is -0.378 e. The largest absolute Gasteiger partial charge is 0.378 e. The van der Waals surface area contributed by atoms with Crippen LogP contribution in [0.15, 0.2) is 36.5 Å². The van der Waals surface area contributed by atoms with E-state index in [2.05, 4.69) is 17.2 Å². The molecular weight excluding hydrogens is 330 g/mol. The van der Waals surface area contributed by atoms with Crippen LogP contribution in [-0.4, -0.2) is 48.0 Å². The Morgan fingerprint density at radius 1 is 1.23 bits per heavy atom. The molecule has 1 aliphatic heterocycles. The maximum Gasteiger partial charge on any atom is 0.272 e. The Morgan fingerprint density at radius 3 is 2.73 bits per heavy atom. The molecule has 26 heavy (non-hydrogen) atoms. The number of carbonyl (C=O) groups is 2. The first-order valence-corrected chi connectivity index (χ1v) is 8.83. The van der Waals surface area contributed by atoms with E-state index < -0.39 is 0 Å². The molecule has 6 heteroatoms. The molecule has 1 aromatic heterocycles. The summed E-state index contributed by atoms with van der Waals surface area (Å²) in [6, 6.07) is 9.12. The highest BCUT2D eigenvalue weighted by Gasteiger charge is 2.21. The van der Waals surface area contributed by atoms with Crippen molar-refractivity contribution in [2.24, 2.45) is 0 Å². The van der Waals surface area contributed by atoms with E-state index in [-0.39, 0.29) is 17.5 Å². The molecule has 2 aromatic rings. The highest BCUT2D eigenvalue weighted by molar-refractivity contribution is 6.06. The minimum absolute atomic E-state index is 0.173. The zero-order valence-electron chi connectivity index (χ0n) is 15.1. The molecule has 0 unspecified atom stereocenters. The molecule has 0 radical (unpaired) electrons. The van der Waals surface area contributed by atoms with Crippen LogP contribution < -0.4 is 5.32 Å². The normalized spacial score (nSPS) is 14.2. The lowest BCUT2D eigenvalue weighted by Gasteiger charge is -2.26. The summed E-state index contributed by atoms with van der Waals surface area (Å²) in [6.07, 6.45) is 2.33. The molecule has 1 N–H and O–H groups in total. The van der Waals surface area contributed by atoms with Gasteiger partial charge in [-0.2, -0.15) is 0 Å². The third-order valence-corrected chi connectivity index (χ3v) is 4.52. The molecule has 1 fully saturated rings. The van der Waals surface area contributed by atoms with Gasteiger partial charge in [0, 0.05) is 30.5 Å². The van der Waals surface area contributed by atoms with Crippen molar-refractivity contribution in [1.29, 1.82) is 0 Å². The van der Waals surface area contributed by atoms with E-state index in [0.717, 1.165) is 23.2 Å². The number of benzene rings is 1. The second kappa shape index (κ2) is 8.10. The Morgan fingerprint density at radius 2 is 2.00 bits per heavy atom. The predicted molar refractivity (Wildman–Crippen MR) is 99.5 cm³/mol. The lowest BCUT2D eigenvalue weighted by atomic mass is 10.1. The highest BCUT2D eigenvalue weighted by Crippen LogP contribution is 2.22. The Hall–Kier alpha value is -2.73. The standard InChI is InChI=1S/C20H23N3O3/c1-3-15-6-4-5-14(2)18(15)22-19(24)16-7-8-21-17(13-16)20(25)23-9-11-26-12-10-23/h4-8,13H,3,9-12H2,1-2H3,(H,22,24). The van der Waals surface area contributed by atoms with Crippen molar-refractivity contribution in [3.8, 4) is 0 Å². The molecule has 0 spiro atoms. The number of para-hydroxylation sites is 1. The van der Waals surface area contributed by atoms with Crippen molar-refractivity contribution in [2.75, 3.05) is 31.6 Å². The van der Waals surface area contributed by atoms with Gasteiger partial charge in [0.15, 0.2) is 0 Å². The topological polar surface area (TPSA) is 71.5 Å². The molecule has 3 rings (SSSR count). The number of hydrogen-bond donors (Lipinski definition) is 1. The molecular formula is C20H23N3O3. The van der Waals surface area contributed by atoms with Gasteiger partial charge < -0.3 is 15.0 Å². The second-order valence-corrected chi connectivity index (χ2v) is 6.25. The summed E-state index contributed by atoms with van der Waals surface area (Å²) in [7, 11) is 0. The summed E-state index contributed by atoms with van der Waals surface area (Å²) >= 11 is 0. The van der Waals surface area contributed by atoms with E-state index >= 15 is 0 Å². The maximum atomic E-state index is 12.7. The van der Waals surface area contributed by atoms with Gasteiger partial charge in [-0.15, -0.1) is 0 Å². The number of aromatic nitrogens is 1. The molecule has 2 heterocycles. The number of ether oxygens (including phenoxy) is 1. The number of hydrogen-bond acceptors (Lipinski definition) is 4. The van der Waals surface area contributed by atoms with Gasteiger partial charge in [0.05, 0.1) is 13.2 Å². The Balaban J connectivity index is 1.79. The smallest absolute Gasteiger partial charge is 0.272 e. The van der Waals surface area contributed by atoms with E-state index in [1.165, 1.54) is 6.20 Å². The average molecular weight is 353 g/mol. The van der Waals surface area contributed by atoms with Crippen molar-refractivity contribution in [2.45, 2.75) is 20.3 Å². The van der Waals surface area contributed by atoms with Gasteiger partial charge >= 0.3 is 0 Å². The van der Waals surface area contributed by atoms with Crippen LogP contribution >= 0.6 is 0 Å². The maximum absolute atomic E-state index is 12.7. The van der Waals surface area contributed by atoms with Crippen molar-refractivity contribution in [1.82, 2.24) is 9.88 Å². The van der Waals surface area contributed by atoms with Crippen molar-refractivity contribution < 1.29 is 14.3 Å². The van der Waals surface area contributed by atoms with Crippen LogP contribution in [0.4, 0.5) is 5.69 Å². The summed E-state index contributed by atoms with van der Waals surface area (Å²) < 4.78 is 5.27. The summed E-state index contributed by atoms with van der Waals surface area (Å²) in [4.78, 5) is 31.1. The van der Waals surface area contributed by atoms with Gasteiger partial charge in [-0.3, -0.25) is 14.6 Å². The molecule has 0 saturated carbocycles. The number of morpholine rings is 1. The van der Waals surface area contributed by atoms with Gasteiger partial charge in [0.2, 0.25) is 0 Å². The first kappa shape index (κ1) is 18.1. The Kier molecular flexibility index (Phi) is 5.63. The molecule has 1 saturated heterocycles. The zero-order valence-corrected chi connectivity index (χ0v) is 15.1. The SMILES string of the molecule is CCc1cccc(C)c1NC(=O)c1ccnc(C(=O)N2CCOCC2)c1. The van der Waals surface area contributed by atoms with Crippen molar-refractivity contribution >= 4 is 17.5 Å². The third-order valence-electron chi connectivity index (χ3n) is 4.52. The molecule has 0 bridgehead atoms.